The van der Waals surface area contributed by atoms with Crippen molar-refractivity contribution in [1.29, 1.82) is 0 Å². The van der Waals surface area contributed by atoms with Gasteiger partial charge < -0.3 is 21.1 Å². The van der Waals surface area contributed by atoms with Crippen LogP contribution < -0.4 is 5.90 Å². The predicted molar refractivity (Wildman–Crippen MR) is 59.8 cm³/mol. The summed E-state index contributed by atoms with van der Waals surface area (Å²) in [7, 11) is 0. The van der Waals surface area contributed by atoms with Gasteiger partial charge in [-0.3, -0.25) is 0 Å². The molecular formula is C10H22N2O3. The van der Waals surface area contributed by atoms with Gasteiger partial charge in [0.2, 0.25) is 0 Å². The van der Waals surface area contributed by atoms with E-state index in [-0.39, 0.29) is 0 Å². The average Bonchev–Trinajstić information content (AvgIpc) is 2.27. The van der Waals surface area contributed by atoms with Gasteiger partial charge in [0.1, 0.15) is 0 Å². The maximum Gasteiger partial charge on any atom is 0.333 e. The van der Waals surface area contributed by atoms with Gasteiger partial charge in [0, 0.05) is 18.8 Å². The third kappa shape index (κ3) is 5.39. The summed E-state index contributed by atoms with van der Waals surface area (Å²) in [5.74, 6) is 1.18. The van der Waals surface area contributed by atoms with E-state index in [9.17, 15) is 4.79 Å². The molecule has 0 atom stereocenters. The van der Waals surface area contributed by atoms with Gasteiger partial charge in [0.15, 0.2) is 0 Å². The Kier molecular flexibility index (Phi) is 10.3. The summed E-state index contributed by atoms with van der Waals surface area (Å²) in [6.45, 7) is 9.46. The molecular weight excluding hydrogens is 196 g/mol. The van der Waals surface area contributed by atoms with Gasteiger partial charge in [-0.15, -0.1) is 0 Å². The van der Waals surface area contributed by atoms with Crippen molar-refractivity contribution >= 4 is 5.97 Å². The molecule has 0 saturated carbocycles. The van der Waals surface area contributed by atoms with Crippen molar-refractivity contribution in [3.8, 4) is 0 Å². The van der Waals surface area contributed by atoms with Crippen molar-refractivity contribution < 1.29 is 15.8 Å². The summed E-state index contributed by atoms with van der Waals surface area (Å²) in [6.07, 6.45) is 0.778. The second-order valence-electron chi connectivity index (χ2n) is 2.90. The van der Waals surface area contributed by atoms with E-state index in [0.717, 1.165) is 25.2 Å². The minimum absolute atomic E-state index is 0.464. The molecule has 0 aliphatic carbocycles. The normalized spacial score (nSPS) is 11.1. The fraction of sp³-hybridized carbons (Fsp3) is 0.700. The highest BCUT2D eigenvalue weighted by atomic mass is 16.4. The monoisotopic (exact) mass is 218 g/mol. The lowest BCUT2D eigenvalue weighted by Crippen LogP contribution is -2.37. The second-order valence-corrected chi connectivity index (χ2v) is 2.90. The Morgan fingerprint density at radius 1 is 1.27 bits per heavy atom. The zero-order chi connectivity index (χ0) is 12.4. The van der Waals surface area contributed by atoms with Crippen molar-refractivity contribution in [3.63, 3.8) is 0 Å². The van der Waals surface area contributed by atoms with E-state index >= 15 is 0 Å². The SMILES string of the molecule is CC/C(=C(/C)C(=O)O)N(CC)CC.[NH3+][O-]. The first-order valence-corrected chi connectivity index (χ1v) is 5.05. The molecule has 0 heterocycles. The van der Waals surface area contributed by atoms with Crippen LogP contribution >= 0.6 is 0 Å². The number of nitrogens with zero attached hydrogens (tertiary/aromatic N) is 1. The van der Waals surface area contributed by atoms with E-state index in [1.807, 2.05) is 26.7 Å². The Morgan fingerprint density at radius 3 is 1.87 bits per heavy atom. The van der Waals surface area contributed by atoms with Crippen LogP contribution in [0.3, 0.4) is 0 Å². The van der Waals surface area contributed by atoms with Gasteiger partial charge in [-0.25, -0.2) is 4.79 Å². The molecule has 0 bridgehead atoms. The zero-order valence-electron chi connectivity index (χ0n) is 10.0. The maximum absolute atomic E-state index is 10.8. The molecule has 5 nitrogen and oxygen atoms in total. The first kappa shape index (κ1) is 16.4. The number of hydrogen-bond donors (Lipinski definition) is 2. The molecule has 0 aliphatic heterocycles. The van der Waals surface area contributed by atoms with Gasteiger partial charge in [0.05, 0.1) is 5.57 Å². The molecule has 0 rings (SSSR count). The van der Waals surface area contributed by atoms with Crippen LogP contribution in [0.2, 0.25) is 0 Å². The van der Waals surface area contributed by atoms with Crippen LogP contribution in [-0.2, 0) is 4.79 Å². The highest BCUT2D eigenvalue weighted by Crippen LogP contribution is 2.13. The smallest absolute Gasteiger partial charge is 0.333 e. The van der Waals surface area contributed by atoms with Crippen LogP contribution in [0.4, 0.5) is 0 Å². The Hall–Kier alpha value is -1.07. The Bertz CT molecular complexity index is 211. The van der Waals surface area contributed by atoms with Gasteiger partial charge in [0.25, 0.3) is 0 Å². The van der Waals surface area contributed by atoms with E-state index in [4.69, 9.17) is 10.3 Å². The van der Waals surface area contributed by atoms with Crippen molar-refractivity contribution in [2.24, 2.45) is 0 Å². The van der Waals surface area contributed by atoms with E-state index < -0.39 is 5.97 Å². The molecule has 0 amide bonds. The fourth-order valence-corrected chi connectivity index (χ4v) is 1.45. The van der Waals surface area contributed by atoms with Crippen LogP contribution in [0.15, 0.2) is 11.3 Å². The summed E-state index contributed by atoms with van der Waals surface area (Å²) in [4.78, 5) is 12.8. The number of carbonyl (C=O) groups is 1. The van der Waals surface area contributed by atoms with Gasteiger partial charge >= 0.3 is 5.97 Å². The summed E-state index contributed by atoms with van der Waals surface area (Å²) < 4.78 is 0. The number of allylic oxidation sites excluding steroid dienone is 1. The molecule has 4 N–H and O–H groups in total. The van der Waals surface area contributed by atoms with Crippen molar-refractivity contribution in [1.82, 2.24) is 4.90 Å². The Morgan fingerprint density at radius 2 is 1.67 bits per heavy atom. The minimum atomic E-state index is -0.816. The van der Waals surface area contributed by atoms with Crippen molar-refractivity contribution in [2.75, 3.05) is 13.1 Å². The number of hydrogen-bond acceptors (Lipinski definition) is 3. The first-order valence-electron chi connectivity index (χ1n) is 5.05. The number of quaternary nitrogens is 1. The van der Waals surface area contributed by atoms with E-state index in [0.29, 0.717) is 5.57 Å². The lowest BCUT2D eigenvalue weighted by Gasteiger charge is -2.24. The standard InChI is InChI=1S/C10H19NO2.H3NO/c1-5-9(8(4)10(12)13)11(6-2)7-3;1-2/h5-7H2,1-4H3,(H,12,13);1H3/b9-8+;. The number of aliphatic carboxylic acids is 1. The van der Waals surface area contributed by atoms with Gasteiger partial charge in [-0.1, -0.05) is 6.92 Å². The molecule has 0 aromatic carbocycles. The molecule has 0 aromatic rings. The average molecular weight is 218 g/mol. The van der Waals surface area contributed by atoms with Crippen LogP contribution in [0.5, 0.6) is 0 Å². The van der Waals surface area contributed by atoms with Crippen LogP contribution in [0.1, 0.15) is 34.1 Å². The molecule has 0 aliphatic rings. The van der Waals surface area contributed by atoms with Crippen molar-refractivity contribution in [3.05, 3.63) is 16.5 Å². The van der Waals surface area contributed by atoms with Crippen LogP contribution in [0.25, 0.3) is 0 Å². The predicted octanol–water partition coefficient (Wildman–Crippen LogP) is 0.823. The largest absolute Gasteiger partial charge is 0.637 e. The highest BCUT2D eigenvalue weighted by Gasteiger charge is 2.11. The fourth-order valence-electron chi connectivity index (χ4n) is 1.45. The summed E-state index contributed by atoms with van der Waals surface area (Å²) in [5.41, 5.74) is 1.41. The van der Waals surface area contributed by atoms with Gasteiger partial charge in [-0.05, 0) is 27.2 Å². The molecule has 90 valence electrons. The summed E-state index contributed by atoms with van der Waals surface area (Å²) in [6, 6.07) is 0. The van der Waals surface area contributed by atoms with Crippen LogP contribution in [-0.4, -0.2) is 29.1 Å². The number of rotatable bonds is 5. The molecule has 5 heteroatoms. The molecule has 0 spiro atoms. The lowest BCUT2D eigenvalue weighted by atomic mass is 10.1. The molecule has 0 unspecified atom stereocenters. The van der Waals surface area contributed by atoms with Crippen molar-refractivity contribution in [2.45, 2.75) is 34.1 Å². The molecule has 15 heavy (non-hydrogen) atoms. The molecule has 0 radical (unpaired) electrons. The molecule has 0 saturated heterocycles. The molecule has 0 aromatic heterocycles. The Balaban J connectivity index is 0. The second kappa shape index (κ2) is 9.48. The highest BCUT2D eigenvalue weighted by molar-refractivity contribution is 5.86. The van der Waals surface area contributed by atoms with E-state index in [1.165, 1.54) is 0 Å². The zero-order valence-corrected chi connectivity index (χ0v) is 10.0. The number of carboxylic acids is 1. The third-order valence-electron chi connectivity index (χ3n) is 2.23. The third-order valence-corrected chi connectivity index (χ3v) is 2.23. The quantitative estimate of drug-likeness (QED) is 0.528. The van der Waals surface area contributed by atoms with Gasteiger partial charge in [-0.2, -0.15) is 0 Å². The summed E-state index contributed by atoms with van der Waals surface area (Å²) >= 11 is 0. The lowest BCUT2D eigenvalue weighted by molar-refractivity contribution is -0.275. The summed E-state index contributed by atoms with van der Waals surface area (Å²) in [5, 5.41) is 16.8. The maximum atomic E-state index is 10.8. The Labute approximate surface area is 91.1 Å². The first-order chi connectivity index (χ1) is 7.08. The molecule has 0 fully saturated rings. The van der Waals surface area contributed by atoms with Crippen LogP contribution in [0, 0.1) is 5.21 Å². The number of carboxylic acid groups (broad SMARTS) is 1. The topological polar surface area (TPSA) is 91.2 Å². The van der Waals surface area contributed by atoms with E-state index in [1.54, 1.807) is 6.92 Å². The minimum Gasteiger partial charge on any atom is -0.637 e. The van der Waals surface area contributed by atoms with E-state index in [2.05, 4.69) is 4.90 Å².